The van der Waals surface area contributed by atoms with Gasteiger partial charge < -0.3 is 9.84 Å². The quantitative estimate of drug-likeness (QED) is 0.658. The summed E-state index contributed by atoms with van der Waals surface area (Å²) in [6, 6.07) is 6.89. The fourth-order valence-electron chi connectivity index (χ4n) is 3.70. The molecule has 1 N–H and O–H groups in total. The van der Waals surface area contributed by atoms with Crippen molar-refractivity contribution in [3.63, 3.8) is 0 Å². The third kappa shape index (κ3) is 2.84. The summed E-state index contributed by atoms with van der Waals surface area (Å²) in [7, 11) is 3.50. The van der Waals surface area contributed by atoms with Crippen molar-refractivity contribution in [2.75, 3.05) is 25.6 Å². The summed E-state index contributed by atoms with van der Waals surface area (Å²) in [4.78, 5) is 20.5. The summed E-state index contributed by atoms with van der Waals surface area (Å²) in [5.74, 6) is 1.31. The predicted molar refractivity (Wildman–Crippen MR) is 109 cm³/mol. The molecule has 3 heterocycles. The number of halogens is 1. The molecule has 1 aliphatic rings. The second-order valence-corrected chi connectivity index (χ2v) is 8.20. The van der Waals surface area contributed by atoms with Crippen LogP contribution in [0.15, 0.2) is 35.3 Å². The van der Waals surface area contributed by atoms with Crippen LogP contribution in [0.4, 0.5) is 5.95 Å². The molecule has 1 aromatic carbocycles. The number of benzene rings is 1. The van der Waals surface area contributed by atoms with Crippen LogP contribution in [0.25, 0.3) is 11.1 Å². The lowest BCUT2D eigenvalue weighted by molar-refractivity contribution is -0.689. The molecule has 0 fully saturated rings. The van der Waals surface area contributed by atoms with Crippen LogP contribution in [0.1, 0.15) is 17.8 Å². The smallest absolute Gasteiger partial charge is 0.366 e. The number of rotatable bonds is 4. The minimum Gasteiger partial charge on any atom is -0.497 e. The molecule has 0 aliphatic carbocycles. The Morgan fingerprint density at radius 1 is 1.39 bits per heavy atom. The Balaban J connectivity index is 1.98. The number of fused-ring (bicyclic) bond motifs is 1. The van der Waals surface area contributed by atoms with Crippen LogP contribution in [-0.4, -0.2) is 35.4 Å². The van der Waals surface area contributed by atoms with Crippen LogP contribution in [0.3, 0.4) is 0 Å². The molecule has 146 valence electrons. The standard InChI is InChI=1S/C19H19ClN4O3S/c1-4-23-16(25)15(11-5-7-12(27-3)8-6-11)17(26)24-13(10-22(2)19(23)24)14-9-21-18(20)28-14/h5-9,13H,4,10H2,1-3H3/p+1. The van der Waals surface area contributed by atoms with E-state index in [-0.39, 0.29) is 23.0 Å². The zero-order valence-electron chi connectivity index (χ0n) is 15.7. The Morgan fingerprint density at radius 3 is 2.68 bits per heavy atom. The van der Waals surface area contributed by atoms with E-state index in [4.69, 9.17) is 16.3 Å². The first kappa shape index (κ1) is 18.8. The van der Waals surface area contributed by atoms with Gasteiger partial charge in [-0.05, 0) is 24.6 Å². The summed E-state index contributed by atoms with van der Waals surface area (Å²) < 4.78 is 9.12. The lowest BCUT2D eigenvalue weighted by atomic mass is 10.1. The van der Waals surface area contributed by atoms with Crippen LogP contribution in [0, 0.1) is 0 Å². The van der Waals surface area contributed by atoms with Gasteiger partial charge in [0.15, 0.2) is 10.5 Å². The molecule has 0 radical (unpaired) electrons. The van der Waals surface area contributed by atoms with Gasteiger partial charge in [0, 0.05) is 6.20 Å². The van der Waals surface area contributed by atoms with E-state index in [0.717, 1.165) is 4.88 Å². The molecule has 3 aromatic rings. The SMILES string of the molecule is CC[n+]1c(O)c(-c2ccc(OC)cc2)c(=O)n2c1N(C)CC2c1cnc(Cl)s1. The van der Waals surface area contributed by atoms with E-state index in [2.05, 4.69) is 4.98 Å². The van der Waals surface area contributed by atoms with E-state index < -0.39 is 0 Å². The van der Waals surface area contributed by atoms with Gasteiger partial charge in [-0.15, -0.1) is 11.3 Å². The van der Waals surface area contributed by atoms with E-state index in [1.165, 1.54) is 11.3 Å². The molecule has 9 heteroatoms. The molecular formula is C19H20ClN4O3S+. The highest BCUT2D eigenvalue weighted by Gasteiger charge is 2.42. The van der Waals surface area contributed by atoms with Crippen molar-refractivity contribution in [2.45, 2.75) is 19.5 Å². The van der Waals surface area contributed by atoms with Crippen molar-refractivity contribution in [1.82, 2.24) is 9.55 Å². The van der Waals surface area contributed by atoms with Crippen LogP contribution in [0.2, 0.25) is 4.47 Å². The highest BCUT2D eigenvalue weighted by molar-refractivity contribution is 7.15. The largest absolute Gasteiger partial charge is 0.497 e. The van der Waals surface area contributed by atoms with Gasteiger partial charge in [0.25, 0.3) is 5.88 Å². The lowest BCUT2D eigenvalue weighted by Gasteiger charge is -2.14. The zero-order valence-corrected chi connectivity index (χ0v) is 17.3. The Bertz CT molecular complexity index is 1090. The Labute approximate surface area is 171 Å². The number of aromatic hydroxyl groups is 1. The van der Waals surface area contributed by atoms with Crippen LogP contribution in [0.5, 0.6) is 11.6 Å². The van der Waals surface area contributed by atoms with Gasteiger partial charge in [0.05, 0.1) is 25.6 Å². The highest BCUT2D eigenvalue weighted by atomic mass is 35.5. The highest BCUT2D eigenvalue weighted by Crippen LogP contribution is 2.36. The minimum absolute atomic E-state index is 0.0428. The monoisotopic (exact) mass is 419 g/mol. The molecule has 1 unspecified atom stereocenters. The molecule has 0 bridgehead atoms. The van der Waals surface area contributed by atoms with Crippen LogP contribution in [-0.2, 0) is 6.54 Å². The molecule has 1 atom stereocenters. The van der Waals surface area contributed by atoms with Crippen molar-refractivity contribution in [1.29, 1.82) is 0 Å². The number of hydrogen-bond donors (Lipinski definition) is 1. The lowest BCUT2D eigenvalue weighted by Crippen LogP contribution is -2.44. The number of ether oxygens (including phenoxy) is 1. The number of anilines is 1. The van der Waals surface area contributed by atoms with E-state index in [1.807, 2.05) is 18.9 Å². The van der Waals surface area contributed by atoms with Crippen molar-refractivity contribution >= 4 is 28.9 Å². The number of thiazole rings is 1. The third-order valence-electron chi connectivity index (χ3n) is 4.99. The van der Waals surface area contributed by atoms with E-state index in [1.54, 1.807) is 46.7 Å². The van der Waals surface area contributed by atoms with Crippen molar-refractivity contribution < 1.29 is 14.4 Å². The average molecular weight is 420 g/mol. The summed E-state index contributed by atoms with van der Waals surface area (Å²) in [5, 5.41) is 11.0. The first-order valence-corrected chi connectivity index (χ1v) is 10.0. The molecule has 0 saturated heterocycles. The first-order chi connectivity index (χ1) is 13.5. The number of methoxy groups -OCH3 is 1. The maximum Gasteiger partial charge on any atom is 0.366 e. The van der Waals surface area contributed by atoms with Crippen molar-refractivity contribution in [2.24, 2.45) is 0 Å². The van der Waals surface area contributed by atoms with Crippen LogP contribution < -0.4 is 19.8 Å². The number of likely N-dealkylation sites (N-methyl/N-ethyl adjacent to an activating group) is 1. The Kier molecular flexibility index (Phi) is 4.76. The molecular weight excluding hydrogens is 400 g/mol. The van der Waals surface area contributed by atoms with E-state index in [9.17, 15) is 9.90 Å². The van der Waals surface area contributed by atoms with Gasteiger partial charge in [0.1, 0.15) is 17.9 Å². The fourth-order valence-corrected chi connectivity index (χ4v) is 4.73. The summed E-state index contributed by atoms with van der Waals surface area (Å²) in [6.07, 6.45) is 1.71. The molecule has 1 aliphatic heterocycles. The minimum atomic E-state index is -0.249. The van der Waals surface area contributed by atoms with Gasteiger partial charge in [-0.25, -0.2) is 14.3 Å². The predicted octanol–water partition coefficient (Wildman–Crippen LogP) is 2.69. The van der Waals surface area contributed by atoms with Gasteiger partial charge in [0.2, 0.25) is 0 Å². The topological polar surface area (TPSA) is 71.5 Å². The fraction of sp³-hybridized carbons (Fsp3) is 0.316. The molecule has 28 heavy (non-hydrogen) atoms. The Hall–Kier alpha value is -2.58. The molecule has 0 spiro atoms. The zero-order chi connectivity index (χ0) is 20.0. The number of aromatic nitrogens is 3. The summed E-state index contributed by atoms with van der Waals surface area (Å²) in [6.45, 7) is 3.05. The summed E-state index contributed by atoms with van der Waals surface area (Å²) >= 11 is 7.39. The van der Waals surface area contributed by atoms with Gasteiger partial charge in [-0.3, -0.25) is 4.90 Å². The van der Waals surface area contributed by atoms with Crippen LogP contribution >= 0.6 is 22.9 Å². The maximum absolute atomic E-state index is 13.5. The summed E-state index contributed by atoms with van der Waals surface area (Å²) in [5.41, 5.74) is 0.654. The average Bonchev–Trinajstić information content (AvgIpc) is 3.26. The normalized spacial score (nSPS) is 15.7. The molecule has 7 nitrogen and oxygen atoms in total. The Morgan fingerprint density at radius 2 is 2.11 bits per heavy atom. The van der Waals surface area contributed by atoms with Gasteiger partial charge in [-0.1, -0.05) is 23.7 Å². The molecule has 0 amide bonds. The number of hydrogen-bond acceptors (Lipinski definition) is 6. The van der Waals surface area contributed by atoms with Gasteiger partial charge >= 0.3 is 11.5 Å². The first-order valence-electron chi connectivity index (χ1n) is 8.84. The third-order valence-corrected chi connectivity index (χ3v) is 6.20. The maximum atomic E-state index is 13.5. The second kappa shape index (κ2) is 7.10. The van der Waals surface area contributed by atoms with Crippen molar-refractivity contribution in [3.8, 4) is 22.8 Å². The molecule has 4 rings (SSSR count). The second-order valence-electron chi connectivity index (χ2n) is 6.56. The molecule has 0 saturated carbocycles. The van der Waals surface area contributed by atoms with Gasteiger partial charge in [-0.2, -0.15) is 4.57 Å². The van der Waals surface area contributed by atoms with Crippen molar-refractivity contribution in [3.05, 3.63) is 50.2 Å². The van der Waals surface area contributed by atoms with E-state index >= 15 is 0 Å². The number of nitrogens with zero attached hydrogens (tertiary/aromatic N) is 4. The van der Waals surface area contributed by atoms with E-state index in [0.29, 0.717) is 34.8 Å². The molecule has 2 aromatic heterocycles.